The van der Waals surface area contributed by atoms with E-state index in [1.54, 1.807) is 49.9 Å². The fraction of sp³-hybridized carbons (Fsp3) is 0.500. The molecular weight excluding hydrogens is 346 g/mol. The van der Waals surface area contributed by atoms with Crippen LogP contribution < -0.4 is 0 Å². The highest BCUT2D eigenvalue weighted by Gasteiger charge is 2.44. The predicted octanol–water partition coefficient (Wildman–Crippen LogP) is 2.82. The maximum atomic E-state index is 12.6. The Labute approximate surface area is 158 Å². The molecule has 0 saturated carbocycles. The lowest BCUT2D eigenvalue weighted by Gasteiger charge is -2.39. The molecule has 7 nitrogen and oxygen atoms in total. The molecule has 1 saturated heterocycles. The number of carbonyl (C=O) groups is 3. The Bertz CT molecular complexity index is 791. The Hall–Kier alpha value is -2.88. The van der Waals surface area contributed by atoms with Gasteiger partial charge < -0.3 is 9.64 Å². The van der Waals surface area contributed by atoms with Crippen molar-refractivity contribution in [1.82, 2.24) is 9.80 Å². The van der Waals surface area contributed by atoms with Crippen molar-refractivity contribution in [1.29, 1.82) is 5.26 Å². The highest BCUT2D eigenvalue weighted by molar-refractivity contribution is 6.21. The molecule has 0 unspecified atom stereocenters. The van der Waals surface area contributed by atoms with Crippen LogP contribution in [0.3, 0.4) is 0 Å². The number of rotatable bonds is 2. The maximum absolute atomic E-state index is 12.6. The first-order chi connectivity index (χ1) is 12.7. The zero-order valence-corrected chi connectivity index (χ0v) is 15.8. The Morgan fingerprint density at radius 2 is 1.67 bits per heavy atom. The quantitative estimate of drug-likeness (QED) is 0.748. The third-order valence-corrected chi connectivity index (χ3v) is 4.95. The number of hydrogen-bond acceptors (Lipinski definition) is 5. The number of amides is 3. The molecule has 3 amide bonds. The molecule has 0 aromatic heterocycles. The van der Waals surface area contributed by atoms with Crippen molar-refractivity contribution in [3.05, 3.63) is 35.4 Å². The average Bonchev–Trinajstić information content (AvgIpc) is 2.86. The summed E-state index contributed by atoms with van der Waals surface area (Å²) in [6.07, 6.45) is 0.363. The lowest BCUT2D eigenvalue weighted by atomic mass is 9.79. The van der Waals surface area contributed by atoms with Crippen molar-refractivity contribution in [2.75, 3.05) is 19.6 Å². The molecule has 2 aliphatic rings. The standard InChI is InChI=1S/C20H23N3O4/c1-19(2,3)27-18(26)22-10-8-20(12-21,9-11-22)13-23-16(24)14-6-4-5-7-15(14)17(23)25/h4-7H,8-11,13H2,1-3H3. The van der Waals surface area contributed by atoms with E-state index in [-0.39, 0.29) is 18.4 Å². The monoisotopic (exact) mass is 369 g/mol. The number of piperidine rings is 1. The number of nitriles is 1. The van der Waals surface area contributed by atoms with E-state index in [1.807, 2.05) is 0 Å². The third kappa shape index (κ3) is 3.65. The summed E-state index contributed by atoms with van der Waals surface area (Å²) in [5.41, 5.74) is -0.684. The predicted molar refractivity (Wildman–Crippen MR) is 96.9 cm³/mol. The van der Waals surface area contributed by atoms with E-state index in [0.29, 0.717) is 37.1 Å². The van der Waals surface area contributed by atoms with Gasteiger partial charge in [-0.15, -0.1) is 0 Å². The molecule has 1 aromatic carbocycles. The SMILES string of the molecule is CC(C)(C)OC(=O)N1CCC(C#N)(CN2C(=O)c3ccccc3C2=O)CC1. The summed E-state index contributed by atoms with van der Waals surface area (Å²) in [7, 11) is 0. The van der Waals surface area contributed by atoms with Crippen molar-refractivity contribution in [2.45, 2.75) is 39.2 Å². The first-order valence-corrected chi connectivity index (χ1v) is 9.00. The summed E-state index contributed by atoms with van der Waals surface area (Å²) in [4.78, 5) is 40.1. The zero-order valence-electron chi connectivity index (χ0n) is 15.8. The lowest BCUT2D eigenvalue weighted by molar-refractivity contribution is 0.0118. The van der Waals surface area contributed by atoms with Gasteiger partial charge in [0.25, 0.3) is 11.8 Å². The number of likely N-dealkylation sites (tertiary alicyclic amines) is 1. The van der Waals surface area contributed by atoms with Gasteiger partial charge in [0, 0.05) is 19.6 Å². The van der Waals surface area contributed by atoms with Crippen molar-refractivity contribution in [2.24, 2.45) is 5.41 Å². The van der Waals surface area contributed by atoms with Crippen molar-refractivity contribution in [3.8, 4) is 6.07 Å². The Morgan fingerprint density at radius 1 is 1.15 bits per heavy atom. The number of imide groups is 1. The lowest BCUT2D eigenvalue weighted by Crippen LogP contribution is -2.49. The molecule has 2 heterocycles. The molecule has 1 fully saturated rings. The van der Waals surface area contributed by atoms with Crippen LogP contribution in [-0.2, 0) is 4.74 Å². The van der Waals surface area contributed by atoms with Crippen LogP contribution in [0, 0.1) is 16.7 Å². The molecule has 3 rings (SSSR count). The van der Waals surface area contributed by atoms with Crippen LogP contribution in [0.5, 0.6) is 0 Å². The van der Waals surface area contributed by atoms with Crippen LogP contribution in [0.2, 0.25) is 0 Å². The number of hydrogen-bond donors (Lipinski definition) is 0. The number of benzene rings is 1. The topological polar surface area (TPSA) is 90.7 Å². The first kappa shape index (κ1) is 18.9. The smallest absolute Gasteiger partial charge is 0.410 e. The summed E-state index contributed by atoms with van der Waals surface area (Å²) >= 11 is 0. The molecule has 1 aromatic rings. The highest BCUT2D eigenvalue weighted by Crippen LogP contribution is 2.35. The fourth-order valence-electron chi connectivity index (χ4n) is 3.43. The van der Waals surface area contributed by atoms with E-state index in [0.717, 1.165) is 4.90 Å². The third-order valence-electron chi connectivity index (χ3n) is 4.95. The molecule has 7 heteroatoms. The van der Waals surface area contributed by atoms with Gasteiger partial charge in [0.15, 0.2) is 0 Å². The van der Waals surface area contributed by atoms with Crippen LogP contribution in [0.4, 0.5) is 4.79 Å². The summed E-state index contributed by atoms with van der Waals surface area (Å²) in [6.45, 7) is 6.15. The molecule has 2 aliphatic heterocycles. The van der Waals surface area contributed by atoms with E-state index in [2.05, 4.69) is 6.07 Å². The minimum atomic E-state index is -0.855. The second-order valence-corrected chi connectivity index (χ2v) is 8.10. The van der Waals surface area contributed by atoms with Gasteiger partial charge >= 0.3 is 6.09 Å². The molecular formula is C20H23N3O4. The second-order valence-electron chi connectivity index (χ2n) is 8.10. The van der Waals surface area contributed by atoms with Crippen molar-refractivity contribution < 1.29 is 19.1 Å². The van der Waals surface area contributed by atoms with Gasteiger partial charge in [-0.3, -0.25) is 14.5 Å². The molecule has 142 valence electrons. The van der Waals surface area contributed by atoms with Gasteiger partial charge in [-0.25, -0.2) is 4.79 Å². The van der Waals surface area contributed by atoms with Gasteiger partial charge in [0.1, 0.15) is 5.60 Å². The maximum Gasteiger partial charge on any atom is 0.410 e. The number of carbonyl (C=O) groups excluding carboxylic acids is 3. The fourth-order valence-corrected chi connectivity index (χ4v) is 3.43. The van der Waals surface area contributed by atoms with E-state index in [9.17, 15) is 19.6 Å². The van der Waals surface area contributed by atoms with Crippen molar-refractivity contribution in [3.63, 3.8) is 0 Å². The number of fused-ring (bicyclic) bond motifs is 1. The molecule has 0 spiro atoms. The molecule has 0 radical (unpaired) electrons. The van der Waals surface area contributed by atoms with Gasteiger partial charge in [0.2, 0.25) is 0 Å². The average molecular weight is 369 g/mol. The van der Waals surface area contributed by atoms with Gasteiger partial charge in [0.05, 0.1) is 22.6 Å². The summed E-state index contributed by atoms with van der Waals surface area (Å²) in [6, 6.07) is 8.97. The second kappa shape index (κ2) is 6.69. The minimum Gasteiger partial charge on any atom is -0.444 e. The molecule has 0 aliphatic carbocycles. The molecule has 27 heavy (non-hydrogen) atoms. The van der Waals surface area contributed by atoms with E-state index >= 15 is 0 Å². The van der Waals surface area contributed by atoms with Crippen LogP contribution in [0.25, 0.3) is 0 Å². The largest absolute Gasteiger partial charge is 0.444 e. The molecule has 0 N–H and O–H groups in total. The van der Waals surface area contributed by atoms with Crippen LogP contribution in [0.15, 0.2) is 24.3 Å². The van der Waals surface area contributed by atoms with E-state index in [1.165, 1.54) is 0 Å². The van der Waals surface area contributed by atoms with Gasteiger partial charge in [-0.1, -0.05) is 12.1 Å². The first-order valence-electron chi connectivity index (χ1n) is 9.00. The normalized spacial score (nSPS) is 18.9. The van der Waals surface area contributed by atoms with E-state index < -0.39 is 17.1 Å². The number of ether oxygens (including phenoxy) is 1. The summed E-state index contributed by atoms with van der Waals surface area (Å²) in [5, 5.41) is 9.77. The zero-order chi connectivity index (χ0) is 19.8. The molecule has 0 bridgehead atoms. The Kier molecular flexibility index (Phi) is 4.68. The summed E-state index contributed by atoms with van der Waals surface area (Å²) in [5.74, 6) is -0.723. The molecule has 0 atom stereocenters. The Morgan fingerprint density at radius 3 is 2.11 bits per heavy atom. The Balaban J connectivity index is 1.69. The minimum absolute atomic E-state index is 0.0397. The summed E-state index contributed by atoms with van der Waals surface area (Å²) < 4.78 is 5.37. The highest BCUT2D eigenvalue weighted by atomic mass is 16.6. The number of nitrogens with zero attached hydrogens (tertiary/aromatic N) is 3. The van der Waals surface area contributed by atoms with Crippen molar-refractivity contribution >= 4 is 17.9 Å². The van der Waals surface area contributed by atoms with Gasteiger partial charge in [-0.2, -0.15) is 5.26 Å². The van der Waals surface area contributed by atoms with Gasteiger partial charge in [-0.05, 0) is 45.7 Å². The van der Waals surface area contributed by atoms with Crippen LogP contribution >= 0.6 is 0 Å². The van der Waals surface area contributed by atoms with E-state index in [4.69, 9.17) is 4.74 Å². The van der Waals surface area contributed by atoms with Crippen LogP contribution in [0.1, 0.15) is 54.3 Å². The van der Waals surface area contributed by atoms with Crippen LogP contribution in [-0.4, -0.2) is 52.9 Å².